The third kappa shape index (κ3) is 3.64. The lowest BCUT2D eigenvalue weighted by molar-refractivity contribution is 0.493. The van der Waals surface area contributed by atoms with E-state index in [-0.39, 0.29) is 0 Å². The van der Waals surface area contributed by atoms with Crippen molar-refractivity contribution in [2.45, 2.75) is 26.2 Å². The van der Waals surface area contributed by atoms with Gasteiger partial charge in [0, 0.05) is 6.42 Å². The summed E-state index contributed by atoms with van der Waals surface area (Å²) in [5.41, 5.74) is 3.70. The van der Waals surface area contributed by atoms with Gasteiger partial charge in [-0.3, -0.25) is 0 Å². The molecular weight excluding hydrogens is 268 g/mol. The summed E-state index contributed by atoms with van der Waals surface area (Å²) in [6.45, 7) is 2.26. The van der Waals surface area contributed by atoms with E-state index in [1.54, 1.807) is 0 Å². The van der Waals surface area contributed by atoms with Gasteiger partial charge in [-0.2, -0.15) is 0 Å². The van der Waals surface area contributed by atoms with Gasteiger partial charge < -0.3 is 4.98 Å². The predicted molar refractivity (Wildman–Crippen MR) is 91.7 cm³/mol. The van der Waals surface area contributed by atoms with Gasteiger partial charge in [-0.1, -0.05) is 74.0 Å². The lowest BCUT2D eigenvalue weighted by atomic mass is 9.93. The fourth-order valence-corrected chi connectivity index (χ4v) is 2.81. The Kier molecular flexibility index (Phi) is 4.69. The van der Waals surface area contributed by atoms with Crippen LogP contribution in [0.25, 0.3) is 11.3 Å². The SMILES string of the molecule is CCC(Cc1ccccc1)Cc1ncc(-c2ccccc2)[nH]1. The molecule has 112 valence electrons. The van der Waals surface area contributed by atoms with Gasteiger partial charge in [0.1, 0.15) is 5.82 Å². The number of hydrogen-bond acceptors (Lipinski definition) is 1. The van der Waals surface area contributed by atoms with E-state index in [9.17, 15) is 0 Å². The first-order chi connectivity index (χ1) is 10.8. The standard InChI is InChI=1S/C20H22N2/c1-2-16(13-17-9-5-3-6-10-17)14-20-21-15-19(22-20)18-11-7-4-8-12-18/h3-12,15-16H,2,13-14H2,1H3,(H,21,22). The molecule has 1 N–H and O–H groups in total. The largest absolute Gasteiger partial charge is 0.342 e. The van der Waals surface area contributed by atoms with E-state index in [0.29, 0.717) is 5.92 Å². The molecule has 0 aliphatic carbocycles. The minimum atomic E-state index is 0.622. The molecule has 2 nitrogen and oxygen atoms in total. The third-order valence-corrected chi connectivity index (χ3v) is 4.14. The van der Waals surface area contributed by atoms with Crippen LogP contribution < -0.4 is 0 Å². The van der Waals surface area contributed by atoms with E-state index in [1.165, 1.54) is 11.1 Å². The van der Waals surface area contributed by atoms with E-state index >= 15 is 0 Å². The quantitative estimate of drug-likeness (QED) is 0.688. The molecule has 0 aliphatic rings. The Morgan fingerprint density at radius 1 is 0.909 bits per heavy atom. The summed E-state index contributed by atoms with van der Waals surface area (Å²) in [6.07, 6.45) is 5.22. The van der Waals surface area contributed by atoms with Crippen LogP contribution in [-0.4, -0.2) is 9.97 Å². The molecule has 0 saturated carbocycles. The highest BCUT2D eigenvalue weighted by Gasteiger charge is 2.11. The van der Waals surface area contributed by atoms with Crippen molar-refractivity contribution in [1.82, 2.24) is 9.97 Å². The second kappa shape index (κ2) is 7.08. The van der Waals surface area contributed by atoms with Crippen LogP contribution in [0.2, 0.25) is 0 Å². The highest BCUT2D eigenvalue weighted by Crippen LogP contribution is 2.20. The van der Waals surface area contributed by atoms with E-state index in [2.05, 4.69) is 71.5 Å². The van der Waals surface area contributed by atoms with Crippen LogP contribution in [-0.2, 0) is 12.8 Å². The van der Waals surface area contributed by atoms with Crippen LogP contribution in [0.15, 0.2) is 66.9 Å². The van der Waals surface area contributed by atoms with Crippen LogP contribution in [0, 0.1) is 5.92 Å². The monoisotopic (exact) mass is 290 g/mol. The van der Waals surface area contributed by atoms with Crippen molar-refractivity contribution in [2.75, 3.05) is 0 Å². The van der Waals surface area contributed by atoms with Gasteiger partial charge in [0.05, 0.1) is 11.9 Å². The van der Waals surface area contributed by atoms with Gasteiger partial charge in [-0.25, -0.2) is 4.98 Å². The first-order valence-corrected chi connectivity index (χ1v) is 7.98. The summed E-state index contributed by atoms with van der Waals surface area (Å²) in [6, 6.07) is 21.1. The molecule has 0 radical (unpaired) electrons. The maximum Gasteiger partial charge on any atom is 0.106 e. The van der Waals surface area contributed by atoms with Crippen LogP contribution in [0.4, 0.5) is 0 Å². The average molecular weight is 290 g/mol. The van der Waals surface area contributed by atoms with Crippen LogP contribution in [0.3, 0.4) is 0 Å². The number of aromatic nitrogens is 2. The maximum absolute atomic E-state index is 4.57. The predicted octanol–water partition coefficient (Wildman–Crippen LogP) is 4.89. The summed E-state index contributed by atoms with van der Waals surface area (Å²) < 4.78 is 0. The Morgan fingerprint density at radius 2 is 1.59 bits per heavy atom. The Hall–Kier alpha value is -2.35. The second-order valence-corrected chi connectivity index (χ2v) is 5.78. The van der Waals surface area contributed by atoms with Gasteiger partial charge in [0.15, 0.2) is 0 Å². The normalized spacial score (nSPS) is 12.2. The summed E-state index contributed by atoms with van der Waals surface area (Å²) in [7, 11) is 0. The maximum atomic E-state index is 4.57. The first kappa shape index (κ1) is 14.6. The van der Waals surface area contributed by atoms with E-state index in [1.807, 2.05) is 12.3 Å². The van der Waals surface area contributed by atoms with Crippen molar-refractivity contribution in [3.05, 3.63) is 78.2 Å². The van der Waals surface area contributed by atoms with Crippen molar-refractivity contribution in [2.24, 2.45) is 5.92 Å². The first-order valence-electron chi connectivity index (χ1n) is 7.98. The van der Waals surface area contributed by atoms with E-state index in [0.717, 1.165) is 30.8 Å². The molecule has 1 unspecified atom stereocenters. The molecular formula is C20H22N2. The molecule has 1 atom stereocenters. The lowest BCUT2D eigenvalue weighted by Crippen LogP contribution is -2.08. The summed E-state index contributed by atoms with van der Waals surface area (Å²) in [5.74, 6) is 1.71. The van der Waals surface area contributed by atoms with Crippen molar-refractivity contribution in [3.8, 4) is 11.3 Å². The summed E-state index contributed by atoms with van der Waals surface area (Å²) >= 11 is 0. The number of rotatable bonds is 6. The zero-order valence-electron chi connectivity index (χ0n) is 13.0. The molecule has 0 spiro atoms. The van der Waals surface area contributed by atoms with Crippen LogP contribution in [0.5, 0.6) is 0 Å². The molecule has 2 aromatic carbocycles. The summed E-state index contributed by atoms with van der Waals surface area (Å²) in [5, 5.41) is 0. The number of nitrogens with zero attached hydrogens (tertiary/aromatic N) is 1. The van der Waals surface area contributed by atoms with Crippen molar-refractivity contribution < 1.29 is 0 Å². The lowest BCUT2D eigenvalue weighted by Gasteiger charge is -2.13. The van der Waals surface area contributed by atoms with Crippen molar-refractivity contribution in [3.63, 3.8) is 0 Å². The highest BCUT2D eigenvalue weighted by atomic mass is 14.9. The third-order valence-electron chi connectivity index (χ3n) is 4.14. The topological polar surface area (TPSA) is 28.7 Å². The molecule has 3 aromatic rings. The van der Waals surface area contributed by atoms with Crippen LogP contribution >= 0.6 is 0 Å². The molecule has 22 heavy (non-hydrogen) atoms. The Bertz CT molecular complexity index is 686. The number of H-pyrrole nitrogens is 1. The van der Waals surface area contributed by atoms with Gasteiger partial charge in [-0.15, -0.1) is 0 Å². The molecule has 2 heteroatoms. The molecule has 0 saturated heterocycles. The number of imidazole rings is 1. The van der Waals surface area contributed by atoms with Gasteiger partial charge in [0.25, 0.3) is 0 Å². The minimum absolute atomic E-state index is 0.622. The smallest absolute Gasteiger partial charge is 0.106 e. The van der Waals surface area contributed by atoms with Crippen molar-refractivity contribution >= 4 is 0 Å². The molecule has 0 bridgehead atoms. The summed E-state index contributed by atoms with van der Waals surface area (Å²) in [4.78, 5) is 8.04. The molecule has 0 aliphatic heterocycles. The number of nitrogens with one attached hydrogen (secondary N) is 1. The average Bonchev–Trinajstić information content (AvgIpc) is 3.04. The fraction of sp³-hybridized carbons (Fsp3) is 0.250. The Balaban J connectivity index is 1.68. The minimum Gasteiger partial charge on any atom is -0.342 e. The van der Waals surface area contributed by atoms with E-state index < -0.39 is 0 Å². The molecule has 0 amide bonds. The van der Waals surface area contributed by atoms with Crippen LogP contribution in [0.1, 0.15) is 24.7 Å². The van der Waals surface area contributed by atoms with Gasteiger partial charge in [-0.05, 0) is 23.5 Å². The van der Waals surface area contributed by atoms with Gasteiger partial charge in [0.2, 0.25) is 0 Å². The second-order valence-electron chi connectivity index (χ2n) is 5.78. The molecule has 1 aromatic heterocycles. The number of aromatic amines is 1. The zero-order valence-corrected chi connectivity index (χ0v) is 13.0. The van der Waals surface area contributed by atoms with Gasteiger partial charge >= 0.3 is 0 Å². The number of hydrogen-bond donors (Lipinski definition) is 1. The van der Waals surface area contributed by atoms with Crippen molar-refractivity contribution in [1.29, 1.82) is 0 Å². The molecule has 0 fully saturated rings. The molecule has 3 rings (SSSR count). The fourth-order valence-electron chi connectivity index (χ4n) is 2.81. The molecule has 1 heterocycles. The van der Waals surface area contributed by atoms with E-state index in [4.69, 9.17) is 0 Å². The Labute approximate surface area is 132 Å². The zero-order chi connectivity index (χ0) is 15.2. The number of benzene rings is 2. The highest BCUT2D eigenvalue weighted by molar-refractivity contribution is 5.57. The Morgan fingerprint density at radius 3 is 2.27 bits per heavy atom.